The molecular weight excluding hydrogens is 340 g/mol. The summed E-state index contributed by atoms with van der Waals surface area (Å²) in [5.74, 6) is 4.38. The number of nitrogens with zero attached hydrogens (tertiary/aromatic N) is 8. The van der Waals surface area contributed by atoms with Gasteiger partial charge in [0.25, 0.3) is 0 Å². The fraction of sp³-hybridized carbons (Fsp3) is 0.526. The van der Waals surface area contributed by atoms with Gasteiger partial charge in [-0.3, -0.25) is 0 Å². The molecule has 8 heteroatoms. The molecule has 1 saturated heterocycles. The summed E-state index contributed by atoms with van der Waals surface area (Å²) in [5.41, 5.74) is 1.11. The predicted octanol–water partition coefficient (Wildman–Crippen LogP) is 2.10. The van der Waals surface area contributed by atoms with Crippen LogP contribution in [0.3, 0.4) is 0 Å². The SMILES string of the molecule is CCc1cc(N2CCC(c3nnc(Cn4ccnc4)n3C)CC2)nc(C)n1. The summed E-state index contributed by atoms with van der Waals surface area (Å²) < 4.78 is 4.16. The zero-order valence-corrected chi connectivity index (χ0v) is 16.2. The van der Waals surface area contributed by atoms with Crippen LogP contribution in [0.5, 0.6) is 0 Å². The van der Waals surface area contributed by atoms with Crippen molar-refractivity contribution in [1.82, 2.24) is 34.3 Å². The van der Waals surface area contributed by atoms with Crippen molar-refractivity contribution < 1.29 is 0 Å². The molecule has 0 atom stereocenters. The highest BCUT2D eigenvalue weighted by Crippen LogP contribution is 2.29. The van der Waals surface area contributed by atoms with Gasteiger partial charge in [0.15, 0.2) is 5.82 Å². The van der Waals surface area contributed by atoms with Crippen LogP contribution in [0.25, 0.3) is 0 Å². The Labute approximate surface area is 159 Å². The van der Waals surface area contributed by atoms with E-state index in [-0.39, 0.29) is 0 Å². The molecule has 4 rings (SSSR count). The first-order valence-corrected chi connectivity index (χ1v) is 9.57. The standard InChI is InChI=1S/C19H26N8/c1-4-16-11-17(22-14(2)21-16)27-8-5-15(6-9-27)19-24-23-18(25(19)3)12-26-10-7-20-13-26/h7,10-11,13,15H,4-6,8-9,12H2,1-3H3. The second kappa shape index (κ2) is 7.46. The van der Waals surface area contributed by atoms with Crippen molar-refractivity contribution >= 4 is 5.82 Å². The first kappa shape index (κ1) is 17.6. The van der Waals surface area contributed by atoms with Crippen LogP contribution in [0.4, 0.5) is 5.82 Å². The molecule has 0 N–H and O–H groups in total. The maximum atomic E-state index is 4.64. The largest absolute Gasteiger partial charge is 0.356 e. The topological polar surface area (TPSA) is 77.5 Å². The lowest BCUT2D eigenvalue weighted by atomic mass is 9.96. The minimum absolute atomic E-state index is 0.434. The Morgan fingerprint density at radius 1 is 1.15 bits per heavy atom. The Kier molecular flexibility index (Phi) is 4.87. The molecule has 1 aliphatic heterocycles. The number of hydrogen-bond acceptors (Lipinski definition) is 6. The van der Waals surface area contributed by atoms with Gasteiger partial charge in [-0.1, -0.05) is 6.92 Å². The van der Waals surface area contributed by atoms with Gasteiger partial charge in [-0.25, -0.2) is 15.0 Å². The highest BCUT2D eigenvalue weighted by Gasteiger charge is 2.26. The van der Waals surface area contributed by atoms with E-state index >= 15 is 0 Å². The maximum absolute atomic E-state index is 4.64. The summed E-state index contributed by atoms with van der Waals surface area (Å²) in [6.07, 6.45) is 8.59. The summed E-state index contributed by atoms with van der Waals surface area (Å²) in [4.78, 5) is 15.6. The second-order valence-electron chi connectivity index (χ2n) is 7.15. The van der Waals surface area contributed by atoms with E-state index in [2.05, 4.69) is 54.7 Å². The van der Waals surface area contributed by atoms with E-state index in [1.165, 1.54) is 0 Å². The maximum Gasteiger partial charge on any atom is 0.152 e. The normalized spacial score (nSPS) is 15.4. The molecule has 0 unspecified atom stereocenters. The average Bonchev–Trinajstić information content (AvgIpc) is 3.32. The summed E-state index contributed by atoms with van der Waals surface area (Å²) in [6.45, 7) is 6.76. The molecule has 0 radical (unpaired) electrons. The molecule has 1 fully saturated rings. The van der Waals surface area contributed by atoms with Crippen LogP contribution in [0, 0.1) is 6.92 Å². The van der Waals surface area contributed by atoms with Crippen molar-refractivity contribution in [2.45, 2.75) is 45.6 Å². The van der Waals surface area contributed by atoms with Crippen molar-refractivity contribution in [3.05, 3.63) is 48.0 Å². The van der Waals surface area contributed by atoms with Crippen LogP contribution in [0.1, 0.15) is 48.9 Å². The third-order valence-corrected chi connectivity index (χ3v) is 5.31. The summed E-state index contributed by atoms with van der Waals surface area (Å²) in [5, 5.41) is 8.90. The lowest BCUT2D eigenvalue weighted by Gasteiger charge is -2.32. The Morgan fingerprint density at radius 3 is 2.67 bits per heavy atom. The number of imidazole rings is 1. The smallest absolute Gasteiger partial charge is 0.152 e. The number of piperidine rings is 1. The van der Waals surface area contributed by atoms with Crippen molar-refractivity contribution in [3.8, 4) is 0 Å². The fourth-order valence-electron chi connectivity index (χ4n) is 3.73. The number of hydrogen-bond donors (Lipinski definition) is 0. The third kappa shape index (κ3) is 3.70. The molecule has 142 valence electrons. The molecule has 8 nitrogen and oxygen atoms in total. The summed E-state index contributed by atoms with van der Waals surface area (Å²) in [6, 6.07) is 2.12. The van der Waals surface area contributed by atoms with E-state index in [1.807, 2.05) is 17.7 Å². The first-order chi connectivity index (χ1) is 13.1. The van der Waals surface area contributed by atoms with E-state index in [9.17, 15) is 0 Å². The first-order valence-electron chi connectivity index (χ1n) is 9.57. The zero-order chi connectivity index (χ0) is 18.8. The number of aryl methyl sites for hydroxylation is 2. The molecule has 3 aromatic rings. The van der Waals surface area contributed by atoms with E-state index in [4.69, 9.17) is 0 Å². The van der Waals surface area contributed by atoms with Crippen LogP contribution < -0.4 is 4.90 Å². The quantitative estimate of drug-likeness (QED) is 0.688. The highest BCUT2D eigenvalue weighted by molar-refractivity contribution is 5.40. The number of aromatic nitrogens is 7. The molecule has 0 amide bonds. The van der Waals surface area contributed by atoms with Crippen molar-refractivity contribution in [3.63, 3.8) is 0 Å². The molecule has 0 aliphatic carbocycles. The van der Waals surface area contributed by atoms with Gasteiger partial charge in [-0.2, -0.15) is 0 Å². The Balaban J connectivity index is 1.44. The van der Waals surface area contributed by atoms with Gasteiger partial charge in [-0.15, -0.1) is 10.2 Å². The molecule has 0 bridgehead atoms. The Bertz CT molecular complexity index is 891. The van der Waals surface area contributed by atoms with Gasteiger partial charge in [0.2, 0.25) is 0 Å². The minimum atomic E-state index is 0.434. The van der Waals surface area contributed by atoms with Crippen LogP contribution in [-0.4, -0.2) is 47.4 Å². The predicted molar refractivity (Wildman–Crippen MR) is 103 cm³/mol. The molecule has 1 aliphatic rings. The van der Waals surface area contributed by atoms with E-state index in [1.54, 1.807) is 12.5 Å². The molecule has 3 aromatic heterocycles. The molecule has 4 heterocycles. The number of rotatable bonds is 5. The molecular formula is C19H26N8. The van der Waals surface area contributed by atoms with Crippen LogP contribution in [0.2, 0.25) is 0 Å². The lowest BCUT2D eigenvalue weighted by molar-refractivity contribution is 0.469. The van der Waals surface area contributed by atoms with E-state index < -0.39 is 0 Å². The molecule has 0 saturated carbocycles. The van der Waals surface area contributed by atoms with Crippen molar-refractivity contribution in [2.75, 3.05) is 18.0 Å². The highest BCUT2D eigenvalue weighted by atomic mass is 15.3. The zero-order valence-electron chi connectivity index (χ0n) is 16.2. The van der Waals surface area contributed by atoms with Crippen molar-refractivity contribution in [2.24, 2.45) is 7.05 Å². The molecule has 27 heavy (non-hydrogen) atoms. The lowest BCUT2D eigenvalue weighted by Crippen LogP contribution is -2.34. The van der Waals surface area contributed by atoms with Gasteiger partial charge in [-0.05, 0) is 26.2 Å². The molecule has 0 spiro atoms. The van der Waals surface area contributed by atoms with Gasteiger partial charge in [0.1, 0.15) is 17.5 Å². The van der Waals surface area contributed by atoms with Crippen LogP contribution in [-0.2, 0) is 20.0 Å². The average molecular weight is 366 g/mol. The van der Waals surface area contributed by atoms with Gasteiger partial charge in [0, 0.05) is 50.2 Å². The van der Waals surface area contributed by atoms with Crippen molar-refractivity contribution in [1.29, 1.82) is 0 Å². The van der Waals surface area contributed by atoms with E-state index in [0.29, 0.717) is 12.5 Å². The Morgan fingerprint density at radius 2 is 1.96 bits per heavy atom. The van der Waals surface area contributed by atoms with Crippen LogP contribution in [0.15, 0.2) is 24.8 Å². The fourth-order valence-corrected chi connectivity index (χ4v) is 3.73. The van der Waals surface area contributed by atoms with Gasteiger partial charge in [0.05, 0.1) is 12.9 Å². The summed E-state index contributed by atoms with van der Waals surface area (Å²) in [7, 11) is 2.06. The van der Waals surface area contributed by atoms with E-state index in [0.717, 1.165) is 61.3 Å². The van der Waals surface area contributed by atoms with Gasteiger partial charge < -0.3 is 14.0 Å². The monoisotopic (exact) mass is 366 g/mol. The number of anilines is 1. The minimum Gasteiger partial charge on any atom is -0.356 e. The third-order valence-electron chi connectivity index (χ3n) is 5.31. The van der Waals surface area contributed by atoms with Gasteiger partial charge >= 0.3 is 0 Å². The second-order valence-corrected chi connectivity index (χ2v) is 7.15. The molecule has 0 aromatic carbocycles. The summed E-state index contributed by atoms with van der Waals surface area (Å²) >= 11 is 0. The Hall–Kier alpha value is -2.77. The van der Waals surface area contributed by atoms with Crippen LogP contribution >= 0.6 is 0 Å².